The molecular weight excluding hydrogens is 242 g/mol. The fourth-order valence-electron chi connectivity index (χ4n) is 1.16. The van der Waals surface area contributed by atoms with Gasteiger partial charge in [-0.15, -0.1) is 0 Å². The number of pyridine rings is 1. The summed E-state index contributed by atoms with van der Waals surface area (Å²) in [7, 11) is 1.88. The molecule has 0 saturated heterocycles. The smallest absolute Gasteiger partial charge is 0.130 e. The average Bonchev–Trinajstić information content (AvgIpc) is 2.15. The van der Waals surface area contributed by atoms with E-state index in [-0.39, 0.29) is 0 Å². The Labute approximate surface area is 93.4 Å². The van der Waals surface area contributed by atoms with Crippen LogP contribution in [0.5, 0.6) is 0 Å². The average molecular weight is 258 g/mol. The Kier molecular flexibility index (Phi) is 4.35. The minimum atomic E-state index is 0.485. The van der Waals surface area contributed by atoms with E-state index in [1.807, 2.05) is 7.05 Å². The highest BCUT2D eigenvalue weighted by atomic mass is 79.9. The van der Waals surface area contributed by atoms with E-state index in [1.54, 1.807) is 6.20 Å². The SMILES string of the molecule is CNc1ncc(Br)cc1CNC(C)C. The number of halogens is 1. The number of anilines is 1. The Hall–Kier alpha value is -0.610. The standard InChI is InChI=1S/C10H16BrN3/c1-7(2)13-5-8-4-9(11)6-14-10(8)12-3/h4,6-7,13H,5H2,1-3H3,(H,12,14). The van der Waals surface area contributed by atoms with Crippen molar-refractivity contribution in [3.05, 3.63) is 22.3 Å². The first-order chi connectivity index (χ1) is 6.63. The van der Waals surface area contributed by atoms with Crippen LogP contribution in [0, 0.1) is 0 Å². The maximum atomic E-state index is 4.28. The first-order valence-corrected chi connectivity index (χ1v) is 5.48. The molecule has 0 aromatic carbocycles. The van der Waals surface area contributed by atoms with E-state index in [1.165, 1.54) is 5.56 Å². The molecule has 0 amide bonds. The van der Waals surface area contributed by atoms with Crippen LogP contribution in [0.1, 0.15) is 19.4 Å². The molecule has 0 aliphatic heterocycles. The predicted octanol–water partition coefficient (Wildman–Crippen LogP) is 2.38. The van der Waals surface area contributed by atoms with Crippen molar-refractivity contribution >= 4 is 21.7 Å². The second-order valence-electron chi connectivity index (χ2n) is 3.45. The molecular formula is C10H16BrN3. The summed E-state index contributed by atoms with van der Waals surface area (Å²) in [5, 5.41) is 6.44. The number of nitrogens with zero attached hydrogens (tertiary/aromatic N) is 1. The quantitative estimate of drug-likeness (QED) is 0.870. The fourth-order valence-corrected chi connectivity index (χ4v) is 1.53. The van der Waals surface area contributed by atoms with E-state index in [9.17, 15) is 0 Å². The summed E-state index contributed by atoms with van der Waals surface area (Å²) in [6.45, 7) is 5.09. The second-order valence-corrected chi connectivity index (χ2v) is 4.36. The molecule has 0 fully saturated rings. The monoisotopic (exact) mass is 257 g/mol. The van der Waals surface area contributed by atoms with Gasteiger partial charge in [0.1, 0.15) is 5.82 Å². The Morgan fingerprint density at radius 1 is 1.50 bits per heavy atom. The van der Waals surface area contributed by atoms with E-state index < -0.39 is 0 Å². The lowest BCUT2D eigenvalue weighted by atomic mass is 10.2. The van der Waals surface area contributed by atoms with Crippen LogP contribution in [-0.2, 0) is 6.54 Å². The van der Waals surface area contributed by atoms with Crippen molar-refractivity contribution in [3.8, 4) is 0 Å². The third-order valence-corrected chi connectivity index (χ3v) is 2.30. The third kappa shape index (κ3) is 3.27. The minimum absolute atomic E-state index is 0.485. The fraction of sp³-hybridized carbons (Fsp3) is 0.500. The predicted molar refractivity (Wildman–Crippen MR) is 63.5 cm³/mol. The molecule has 14 heavy (non-hydrogen) atoms. The molecule has 0 atom stereocenters. The molecule has 4 heteroatoms. The molecule has 1 aromatic rings. The lowest BCUT2D eigenvalue weighted by molar-refractivity contribution is 0.588. The lowest BCUT2D eigenvalue weighted by Gasteiger charge is -2.11. The van der Waals surface area contributed by atoms with E-state index in [0.29, 0.717) is 6.04 Å². The highest BCUT2D eigenvalue weighted by Gasteiger charge is 2.03. The van der Waals surface area contributed by atoms with Gasteiger partial charge in [0.15, 0.2) is 0 Å². The van der Waals surface area contributed by atoms with E-state index in [0.717, 1.165) is 16.8 Å². The van der Waals surface area contributed by atoms with Crippen LogP contribution in [0.2, 0.25) is 0 Å². The Morgan fingerprint density at radius 3 is 2.79 bits per heavy atom. The zero-order chi connectivity index (χ0) is 10.6. The van der Waals surface area contributed by atoms with Gasteiger partial charge in [0, 0.05) is 35.9 Å². The highest BCUT2D eigenvalue weighted by molar-refractivity contribution is 9.10. The molecule has 1 rings (SSSR count). The van der Waals surface area contributed by atoms with Crippen LogP contribution >= 0.6 is 15.9 Å². The summed E-state index contributed by atoms with van der Waals surface area (Å²) in [5.41, 5.74) is 1.18. The van der Waals surface area contributed by atoms with Gasteiger partial charge in [-0.25, -0.2) is 4.98 Å². The van der Waals surface area contributed by atoms with Crippen LogP contribution in [0.3, 0.4) is 0 Å². The van der Waals surface area contributed by atoms with Crippen molar-refractivity contribution in [3.63, 3.8) is 0 Å². The normalized spacial score (nSPS) is 10.6. The molecule has 2 N–H and O–H groups in total. The first kappa shape index (κ1) is 11.5. The number of nitrogens with one attached hydrogen (secondary N) is 2. The topological polar surface area (TPSA) is 37.0 Å². The molecule has 0 saturated carbocycles. The summed E-state index contributed by atoms with van der Waals surface area (Å²) in [6, 6.07) is 2.56. The Morgan fingerprint density at radius 2 is 2.21 bits per heavy atom. The Balaban J connectivity index is 2.77. The molecule has 1 aromatic heterocycles. The van der Waals surface area contributed by atoms with Crippen molar-refractivity contribution in [1.82, 2.24) is 10.3 Å². The van der Waals surface area contributed by atoms with Crippen molar-refractivity contribution < 1.29 is 0 Å². The van der Waals surface area contributed by atoms with Crippen LogP contribution in [0.15, 0.2) is 16.7 Å². The van der Waals surface area contributed by atoms with Crippen LogP contribution < -0.4 is 10.6 Å². The molecule has 3 nitrogen and oxygen atoms in total. The van der Waals surface area contributed by atoms with Crippen molar-refractivity contribution in [1.29, 1.82) is 0 Å². The summed E-state index contributed by atoms with van der Waals surface area (Å²) >= 11 is 3.41. The number of hydrogen-bond donors (Lipinski definition) is 2. The summed E-state index contributed by atoms with van der Waals surface area (Å²) in [6.07, 6.45) is 1.80. The maximum Gasteiger partial charge on any atom is 0.130 e. The minimum Gasteiger partial charge on any atom is -0.373 e. The van der Waals surface area contributed by atoms with Crippen molar-refractivity contribution in [2.45, 2.75) is 26.4 Å². The molecule has 0 spiro atoms. The molecule has 0 aliphatic carbocycles. The maximum absolute atomic E-state index is 4.28. The summed E-state index contributed by atoms with van der Waals surface area (Å²) in [5.74, 6) is 0.932. The van der Waals surface area contributed by atoms with Gasteiger partial charge in [-0.3, -0.25) is 0 Å². The molecule has 0 radical (unpaired) electrons. The zero-order valence-electron chi connectivity index (χ0n) is 8.76. The first-order valence-electron chi connectivity index (χ1n) is 4.69. The van der Waals surface area contributed by atoms with Gasteiger partial charge < -0.3 is 10.6 Å². The molecule has 0 bridgehead atoms. The molecule has 1 heterocycles. The second kappa shape index (κ2) is 5.32. The molecule has 0 aliphatic rings. The van der Waals surface area contributed by atoms with Gasteiger partial charge in [-0.05, 0) is 22.0 Å². The van der Waals surface area contributed by atoms with Gasteiger partial charge >= 0.3 is 0 Å². The van der Waals surface area contributed by atoms with Crippen molar-refractivity contribution in [2.75, 3.05) is 12.4 Å². The number of hydrogen-bond acceptors (Lipinski definition) is 3. The zero-order valence-corrected chi connectivity index (χ0v) is 10.4. The highest BCUT2D eigenvalue weighted by Crippen LogP contribution is 2.17. The Bertz CT molecular complexity index is 299. The van der Waals surface area contributed by atoms with Gasteiger partial charge in [0.2, 0.25) is 0 Å². The number of rotatable bonds is 4. The summed E-state index contributed by atoms with van der Waals surface area (Å²) < 4.78 is 1.01. The van der Waals surface area contributed by atoms with Crippen LogP contribution in [-0.4, -0.2) is 18.1 Å². The van der Waals surface area contributed by atoms with Gasteiger partial charge in [0.25, 0.3) is 0 Å². The molecule has 78 valence electrons. The van der Waals surface area contributed by atoms with E-state index in [2.05, 4.69) is 51.5 Å². The van der Waals surface area contributed by atoms with E-state index in [4.69, 9.17) is 0 Å². The van der Waals surface area contributed by atoms with Crippen molar-refractivity contribution in [2.24, 2.45) is 0 Å². The van der Waals surface area contributed by atoms with Crippen LogP contribution in [0.25, 0.3) is 0 Å². The lowest BCUT2D eigenvalue weighted by Crippen LogP contribution is -2.22. The third-order valence-electron chi connectivity index (χ3n) is 1.87. The molecule has 0 unspecified atom stereocenters. The van der Waals surface area contributed by atoms with Gasteiger partial charge in [-0.2, -0.15) is 0 Å². The number of aromatic nitrogens is 1. The van der Waals surface area contributed by atoms with E-state index >= 15 is 0 Å². The van der Waals surface area contributed by atoms with Gasteiger partial charge in [-0.1, -0.05) is 13.8 Å². The summed E-state index contributed by atoms with van der Waals surface area (Å²) in [4.78, 5) is 4.28. The van der Waals surface area contributed by atoms with Gasteiger partial charge in [0.05, 0.1) is 0 Å². The van der Waals surface area contributed by atoms with Crippen LogP contribution in [0.4, 0.5) is 5.82 Å². The largest absolute Gasteiger partial charge is 0.373 e.